The Labute approximate surface area is 218 Å². The Hall–Kier alpha value is -0.910. The minimum Gasteiger partial charge on any atom is -0.469 e. The smallest absolute Gasteiger partial charge is 0.312 e. The molecule has 204 valence electrons. The fourth-order valence-corrected chi connectivity index (χ4v) is 11.3. The Bertz CT molecular complexity index is 941. The van der Waals surface area contributed by atoms with E-state index in [9.17, 15) is 20.1 Å². The van der Waals surface area contributed by atoms with Crippen LogP contribution >= 0.6 is 0 Å². The summed E-state index contributed by atoms with van der Waals surface area (Å²) in [5.74, 6) is 1.14. The number of aliphatic hydroxyl groups is 3. The zero-order valence-corrected chi connectivity index (χ0v) is 23.6. The molecule has 5 heteroatoms. The highest BCUT2D eigenvalue weighted by Gasteiger charge is 2.70. The number of allylic oxidation sites excluding steroid dienone is 2. The summed E-state index contributed by atoms with van der Waals surface area (Å²) in [6, 6.07) is 0. The van der Waals surface area contributed by atoms with Crippen molar-refractivity contribution < 1.29 is 24.9 Å². The summed E-state index contributed by atoms with van der Waals surface area (Å²) in [4.78, 5) is 13.4. The number of hydrogen-bond donors (Lipinski definition) is 3. The Morgan fingerprint density at radius 3 is 2.36 bits per heavy atom. The van der Waals surface area contributed by atoms with Crippen molar-refractivity contribution in [3.63, 3.8) is 0 Å². The zero-order valence-electron chi connectivity index (χ0n) is 23.6. The number of methoxy groups -OCH3 is 1. The van der Waals surface area contributed by atoms with Gasteiger partial charge in [-0.3, -0.25) is 4.79 Å². The molecule has 5 nitrogen and oxygen atoms in total. The Morgan fingerprint density at radius 1 is 1.03 bits per heavy atom. The van der Waals surface area contributed by atoms with Crippen molar-refractivity contribution in [3.05, 3.63) is 11.6 Å². The topological polar surface area (TPSA) is 87.0 Å². The summed E-state index contributed by atoms with van der Waals surface area (Å²) in [6.07, 6.45) is 8.38. The average molecular weight is 503 g/mol. The van der Waals surface area contributed by atoms with Crippen molar-refractivity contribution in [3.8, 4) is 0 Å². The van der Waals surface area contributed by atoms with Crippen molar-refractivity contribution in [2.24, 2.45) is 56.7 Å². The lowest BCUT2D eigenvalue weighted by molar-refractivity contribution is -0.233. The van der Waals surface area contributed by atoms with Gasteiger partial charge in [0.1, 0.15) is 0 Å². The first-order valence-electron chi connectivity index (χ1n) is 14.5. The van der Waals surface area contributed by atoms with Gasteiger partial charge >= 0.3 is 5.97 Å². The van der Waals surface area contributed by atoms with Crippen molar-refractivity contribution in [1.29, 1.82) is 0 Å². The molecule has 0 spiro atoms. The summed E-state index contributed by atoms with van der Waals surface area (Å²) >= 11 is 0. The first kappa shape index (κ1) is 26.7. The van der Waals surface area contributed by atoms with E-state index < -0.39 is 17.6 Å². The van der Waals surface area contributed by atoms with Crippen molar-refractivity contribution >= 4 is 5.97 Å². The van der Waals surface area contributed by atoms with E-state index >= 15 is 0 Å². The van der Waals surface area contributed by atoms with Gasteiger partial charge in [-0.25, -0.2) is 0 Å². The van der Waals surface area contributed by atoms with E-state index in [0.29, 0.717) is 24.2 Å². The molecule has 11 atom stereocenters. The third-order valence-corrected chi connectivity index (χ3v) is 13.5. The molecular formula is C31H50O5. The van der Waals surface area contributed by atoms with E-state index in [1.165, 1.54) is 12.7 Å². The highest BCUT2D eigenvalue weighted by molar-refractivity contribution is 5.78. The standard InChI is InChI=1S/C31H50O5/c1-18-10-13-31(26(35)36-7)15-14-29(5)20(24(31)19(18)17-32)8-9-23-28(4)16-21(33)25(34)27(2,3)22(28)11-12-30(23,29)6/h8,18-19,21-25,32-34H,9-17H2,1-7H3. The molecule has 4 saturated carbocycles. The largest absolute Gasteiger partial charge is 0.469 e. The number of aliphatic hydroxyl groups excluding tert-OH is 3. The number of hydrogen-bond acceptors (Lipinski definition) is 5. The number of ether oxygens (including phenoxy) is 1. The monoisotopic (exact) mass is 502 g/mol. The molecule has 0 heterocycles. The van der Waals surface area contributed by atoms with Crippen LogP contribution < -0.4 is 0 Å². The maximum atomic E-state index is 13.4. The Morgan fingerprint density at radius 2 is 1.72 bits per heavy atom. The molecule has 5 rings (SSSR count). The van der Waals surface area contributed by atoms with Gasteiger partial charge in [0.25, 0.3) is 0 Å². The lowest BCUT2D eigenvalue weighted by atomic mass is 9.33. The molecule has 0 aromatic heterocycles. The third-order valence-electron chi connectivity index (χ3n) is 13.5. The van der Waals surface area contributed by atoms with E-state index in [-0.39, 0.29) is 46.1 Å². The molecule has 36 heavy (non-hydrogen) atoms. The molecule has 0 bridgehead atoms. The summed E-state index contributed by atoms with van der Waals surface area (Å²) in [7, 11) is 1.52. The van der Waals surface area contributed by atoms with Crippen molar-refractivity contribution in [2.45, 2.75) is 105 Å². The molecule has 0 aliphatic heterocycles. The fraction of sp³-hybridized carbons (Fsp3) is 0.903. The quantitative estimate of drug-likeness (QED) is 0.360. The van der Waals surface area contributed by atoms with E-state index in [2.05, 4.69) is 47.6 Å². The van der Waals surface area contributed by atoms with Crippen LogP contribution in [-0.2, 0) is 9.53 Å². The minimum atomic E-state index is -0.696. The molecule has 0 saturated heterocycles. The second-order valence-electron chi connectivity index (χ2n) is 14.8. The molecule has 0 radical (unpaired) electrons. The number of esters is 1. The van der Waals surface area contributed by atoms with Crippen LogP contribution in [0.25, 0.3) is 0 Å². The van der Waals surface area contributed by atoms with E-state index in [1.807, 2.05) is 0 Å². The lowest BCUT2D eigenvalue weighted by Crippen LogP contribution is -2.67. The average Bonchev–Trinajstić information content (AvgIpc) is 2.82. The summed E-state index contributed by atoms with van der Waals surface area (Å²) in [5.41, 5.74) is 0.447. The van der Waals surface area contributed by atoms with Gasteiger partial charge < -0.3 is 20.1 Å². The molecule has 5 aliphatic rings. The Balaban J connectivity index is 1.63. The molecule has 11 unspecified atom stereocenters. The van der Waals surface area contributed by atoms with Gasteiger partial charge in [-0.15, -0.1) is 0 Å². The zero-order chi connectivity index (χ0) is 26.5. The molecule has 3 N–H and O–H groups in total. The fourth-order valence-electron chi connectivity index (χ4n) is 11.3. The van der Waals surface area contributed by atoms with Crippen molar-refractivity contribution in [2.75, 3.05) is 13.7 Å². The lowest BCUT2D eigenvalue weighted by Gasteiger charge is -2.71. The highest BCUT2D eigenvalue weighted by Crippen LogP contribution is 2.75. The predicted molar refractivity (Wildman–Crippen MR) is 140 cm³/mol. The maximum absolute atomic E-state index is 13.4. The number of rotatable bonds is 2. The number of carbonyl (C=O) groups excluding carboxylic acids is 1. The minimum absolute atomic E-state index is 0.0240. The number of fused-ring (bicyclic) bond motifs is 7. The second-order valence-corrected chi connectivity index (χ2v) is 14.8. The summed E-state index contributed by atoms with van der Waals surface area (Å²) in [6.45, 7) is 14.0. The van der Waals surface area contributed by atoms with E-state index in [4.69, 9.17) is 4.74 Å². The van der Waals surface area contributed by atoms with Crippen LogP contribution in [0.15, 0.2) is 11.6 Å². The van der Waals surface area contributed by atoms with Gasteiger partial charge in [0.15, 0.2) is 0 Å². The number of carbonyl (C=O) groups is 1. The van der Waals surface area contributed by atoms with Crippen LogP contribution in [0.5, 0.6) is 0 Å². The van der Waals surface area contributed by atoms with Crippen molar-refractivity contribution in [1.82, 2.24) is 0 Å². The highest BCUT2D eigenvalue weighted by atomic mass is 16.5. The molecule has 0 aromatic carbocycles. The van der Waals surface area contributed by atoms with Crippen LogP contribution in [0.1, 0.15) is 92.9 Å². The van der Waals surface area contributed by atoms with Crippen LogP contribution in [0.3, 0.4) is 0 Å². The second kappa shape index (κ2) is 8.29. The molecule has 0 amide bonds. The van der Waals surface area contributed by atoms with Gasteiger partial charge in [0.05, 0.1) is 24.7 Å². The normalized spacial score (nSPS) is 53.7. The SMILES string of the molecule is COC(=O)C12CCC(C)C(CO)C1C1=CCC3C4(C)CC(O)C(O)C(C)(C)C4CCC3(C)C1(C)CC2. The van der Waals surface area contributed by atoms with Crippen LogP contribution in [0.4, 0.5) is 0 Å². The van der Waals surface area contributed by atoms with Gasteiger partial charge in [-0.2, -0.15) is 0 Å². The molecular weight excluding hydrogens is 452 g/mol. The van der Waals surface area contributed by atoms with Crippen LogP contribution in [0, 0.1) is 56.7 Å². The van der Waals surface area contributed by atoms with Gasteiger partial charge in [0, 0.05) is 12.5 Å². The van der Waals surface area contributed by atoms with Crippen LogP contribution in [-0.4, -0.2) is 47.2 Å². The maximum Gasteiger partial charge on any atom is 0.312 e. The summed E-state index contributed by atoms with van der Waals surface area (Å²) < 4.78 is 5.45. The third kappa shape index (κ3) is 3.09. The van der Waals surface area contributed by atoms with Crippen LogP contribution in [0.2, 0.25) is 0 Å². The van der Waals surface area contributed by atoms with Gasteiger partial charge in [-0.1, -0.05) is 53.2 Å². The molecule has 4 fully saturated rings. The first-order valence-corrected chi connectivity index (χ1v) is 14.5. The van der Waals surface area contributed by atoms with Gasteiger partial charge in [0.2, 0.25) is 0 Å². The first-order chi connectivity index (χ1) is 16.7. The Kier molecular flexibility index (Phi) is 6.15. The summed E-state index contributed by atoms with van der Waals surface area (Å²) in [5, 5.41) is 32.6. The van der Waals surface area contributed by atoms with Gasteiger partial charge in [-0.05, 0) is 96.7 Å². The molecule has 5 aliphatic carbocycles. The van der Waals surface area contributed by atoms with E-state index in [1.54, 1.807) is 0 Å². The predicted octanol–water partition coefficient (Wildman–Crippen LogP) is 5.12. The molecule has 0 aromatic rings. The van der Waals surface area contributed by atoms with E-state index in [0.717, 1.165) is 44.9 Å².